The maximum Gasteiger partial charge on any atom is 0.162 e. The molecule has 0 aliphatic carbocycles. The van der Waals surface area contributed by atoms with E-state index in [-0.39, 0.29) is 11.6 Å². The number of hydrogen-bond acceptors (Lipinski definition) is 1. The van der Waals surface area contributed by atoms with Crippen molar-refractivity contribution < 1.29 is 9.18 Å². The Bertz CT molecular complexity index is 329. The van der Waals surface area contributed by atoms with Gasteiger partial charge in [0, 0.05) is 12.0 Å². The number of ketones is 1. The molecule has 0 radical (unpaired) electrons. The van der Waals surface area contributed by atoms with E-state index in [1.54, 1.807) is 12.1 Å². The van der Waals surface area contributed by atoms with Crippen molar-refractivity contribution in [3.05, 3.63) is 35.6 Å². The van der Waals surface area contributed by atoms with Crippen molar-refractivity contribution >= 4 is 5.78 Å². The lowest BCUT2D eigenvalue weighted by Crippen LogP contribution is -2.03. The SMILES string of the molecule is CCCC(C)CCC(=O)c1ccc(F)cc1. The summed E-state index contributed by atoms with van der Waals surface area (Å²) in [5.41, 5.74) is 0.616. The summed E-state index contributed by atoms with van der Waals surface area (Å²) in [6.07, 6.45) is 3.81. The Hall–Kier alpha value is -1.18. The molecule has 88 valence electrons. The minimum atomic E-state index is -0.295. The summed E-state index contributed by atoms with van der Waals surface area (Å²) in [7, 11) is 0. The van der Waals surface area contributed by atoms with Gasteiger partial charge in [0.2, 0.25) is 0 Å². The Kier molecular flexibility index (Phi) is 5.17. The molecule has 1 aromatic carbocycles. The van der Waals surface area contributed by atoms with Crippen LogP contribution in [0.3, 0.4) is 0 Å². The van der Waals surface area contributed by atoms with Gasteiger partial charge in [-0.15, -0.1) is 0 Å². The van der Waals surface area contributed by atoms with Crippen LogP contribution in [0.4, 0.5) is 4.39 Å². The Morgan fingerprint density at radius 3 is 2.44 bits per heavy atom. The number of benzene rings is 1. The molecule has 0 spiro atoms. The highest BCUT2D eigenvalue weighted by Gasteiger charge is 2.08. The molecule has 16 heavy (non-hydrogen) atoms. The van der Waals surface area contributed by atoms with Crippen LogP contribution >= 0.6 is 0 Å². The van der Waals surface area contributed by atoms with E-state index in [1.807, 2.05) is 0 Å². The summed E-state index contributed by atoms with van der Waals surface area (Å²) in [6, 6.07) is 5.79. The Labute approximate surface area is 96.7 Å². The molecule has 0 amide bonds. The number of carbonyl (C=O) groups is 1. The van der Waals surface area contributed by atoms with Crippen LogP contribution in [0, 0.1) is 11.7 Å². The zero-order chi connectivity index (χ0) is 12.0. The molecular formula is C14H19FO. The number of carbonyl (C=O) groups excluding carboxylic acids is 1. The topological polar surface area (TPSA) is 17.1 Å². The third kappa shape index (κ3) is 4.13. The zero-order valence-corrected chi connectivity index (χ0v) is 10.0. The highest BCUT2D eigenvalue weighted by molar-refractivity contribution is 5.95. The molecular weight excluding hydrogens is 203 g/mol. The van der Waals surface area contributed by atoms with Gasteiger partial charge in [-0.1, -0.05) is 26.7 Å². The first-order chi connectivity index (χ1) is 7.63. The van der Waals surface area contributed by atoms with Gasteiger partial charge in [0.05, 0.1) is 0 Å². The maximum absolute atomic E-state index is 12.7. The maximum atomic E-state index is 12.7. The number of halogens is 1. The van der Waals surface area contributed by atoms with Crippen molar-refractivity contribution in [3.63, 3.8) is 0 Å². The Morgan fingerprint density at radius 2 is 1.88 bits per heavy atom. The van der Waals surface area contributed by atoms with Crippen molar-refractivity contribution in [2.24, 2.45) is 5.92 Å². The Morgan fingerprint density at radius 1 is 1.25 bits per heavy atom. The van der Waals surface area contributed by atoms with E-state index in [9.17, 15) is 9.18 Å². The molecule has 1 aromatic rings. The number of Topliss-reactive ketones (excluding diaryl/α,β-unsaturated/α-hetero) is 1. The van der Waals surface area contributed by atoms with Crippen molar-refractivity contribution in [1.82, 2.24) is 0 Å². The van der Waals surface area contributed by atoms with Crippen LogP contribution in [0.25, 0.3) is 0 Å². The molecule has 0 aliphatic heterocycles. The van der Waals surface area contributed by atoms with Gasteiger partial charge in [0.25, 0.3) is 0 Å². The second-order valence-electron chi connectivity index (χ2n) is 4.36. The van der Waals surface area contributed by atoms with Crippen LogP contribution in [0.15, 0.2) is 24.3 Å². The molecule has 1 rings (SSSR count). The predicted octanol–water partition coefficient (Wildman–Crippen LogP) is 4.22. The monoisotopic (exact) mass is 222 g/mol. The summed E-state index contributed by atoms with van der Waals surface area (Å²) in [6.45, 7) is 4.32. The first-order valence-electron chi connectivity index (χ1n) is 5.92. The second kappa shape index (κ2) is 6.41. The molecule has 0 fully saturated rings. The lowest BCUT2D eigenvalue weighted by Gasteiger charge is -2.08. The fourth-order valence-corrected chi connectivity index (χ4v) is 1.79. The average Bonchev–Trinajstić information content (AvgIpc) is 2.27. The van der Waals surface area contributed by atoms with Gasteiger partial charge in [-0.2, -0.15) is 0 Å². The largest absolute Gasteiger partial charge is 0.294 e. The van der Waals surface area contributed by atoms with Crippen LogP contribution in [0.5, 0.6) is 0 Å². The molecule has 1 atom stereocenters. The lowest BCUT2D eigenvalue weighted by atomic mass is 9.97. The van der Waals surface area contributed by atoms with Crippen LogP contribution in [0.1, 0.15) is 49.9 Å². The van der Waals surface area contributed by atoms with Gasteiger partial charge < -0.3 is 0 Å². The van der Waals surface area contributed by atoms with Gasteiger partial charge in [-0.05, 0) is 36.6 Å². The highest BCUT2D eigenvalue weighted by atomic mass is 19.1. The standard InChI is InChI=1S/C14H19FO/c1-3-4-11(2)5-10-14(16)12-6-8-13(15)9-7-12/h6-9,11H,3-5,10H2,1-2H3. The molecule has 0 bridgehead atoms. The fourth-order valence-electron chi connectivity index (χ4n) is 1.79. The normalized spacial score (nSPS) is 12.4. The average molecular weight is 222 g/mol. The molecule has 1 unspecified atom stereocenters. The van der Waals surface area contributed by atoms with Gasteiger partial charge in [-0.3, -0.25) is 4.79 Å². The van der Waals surface area contributed by atoms with E-state index in [0.29, 0.717) is 17.9 Å². The molecule has 0 N–H and O–H groups in total. The molecule has 2 heteroatoms. The van der Waals surface area contributed by atoms with Crippen molar-refractivity contribution in [1.29, 1.82) is 0 Å². The first kappa shape index (κ1) is 12.9. The predicted molar refractivity (Wildman–Crippen MR) is 64.0 cm³/mol. The van der Waals surface area contributed by atoms with E-state index in [4.69, 9.17) is 0 Å². The zero-order valence-electron chi connectivity index (χ0n) is 10.0. The molecule has 0 saturated heterocycles. The quantitative estimate of drug-likeness (QED) is 0.658. The van der Waals surface area contributed by atoms with Crippen molar-refractivity contribution in [3.8, 4) is 0 Å². The van der Waals surface area contributed by atoms with E-state index in [1.165, 1.54) is 12.1 Å². The van der Waals surface area contributed by atoms with Gasteiger partial charge in [-0.25, -0.2) is 4.39 Å². The van der Waals surface area contributed by atoms with Crippen LogP contribution in [-0.2, 0) is 0 Å². The van der Waals surface area contributed by atoms with Crippen LogP contribution < -0.4 is 0 Å². The van der Waals surface area contributed by atoms with Crippen molar-refractivity contribution in [2.45, 2.75) is 39.5 Å². The van der Waals surface area contributed by atoms with Crippen molar-refractivity contribution in [2.75, 3.05) is 0 Å². The van der Waals surface area contributed by atoms with Gasteiger partial charge in [0.15, 0.2) is 5.78 Å². The lowest BCUT2D eigenvalue weighted by molar-refractivity contribution is 0.0974. The first-order valence-corrected chi connectivity index (χ1v) is 5.92. The van der Waals surface area contributed by atoms with Gasteiger partial charge in [0.1, 0.15) is 5.82 Å². The summed E-state index contributed by atoms with van der Waals surface area (Å²) < 4.78 is 12.7. The van der Waals surface area contributed by atoms with Crippen LogP contribution in [-0.4, -0.2) is 5.78 Å². The molecule has 1 nitrogen and oxygen atoms in total. The molecule has 0 aliphatic rings. The van der Waals surface area contributed by atoms with Crippen LogP contribution in [0.2, 0.25) is 0 Å². The van der Waals surface area contributed by atoms with E-state index >= 15 is 0 Å². The highest BCUT2D eigenvalue weighted by Crippen LogP contribution is 2.15. The second-order valence-corrected chi connectivity index (χ2v) is 4.36. The smallest absolute Gasteiger partial charge is 0.162 e. The number of rotatable bonds is 6. The summed E-state index contributed by atoms with van der Waals surface area (Å²) >= 11 is 0. The Balaban J connectivity index is 2.43. The molecule has 0 saturated carbocycles. The summed E-state index contributed by atoms with van der Waals surface area (Å²) in [5, 5.41) is 0. The van der Waals surface area contributed by atoms with E-state index in [0.717, 1.165) is 19.3 Å². The number of hydrogen-bond donors (Lipinski definition) is 0. The summed E-state index contributed by atoms with van der Waals surface area (Å²) in [4.78, 5) is 11.7. The van der Waals surface area contributed by atoms with E-state index in [2.05, 4.69) is 13.8 Å². The minimum absolute atomic E-state index is 0.114. The molecule has 0 heterocycles. The minimum Gasteiger partial charge on any atom is -0.294 e. The van der Waals surface area contributed by atoms with Gasteiger partial charge >= 0.3 is 0 Å². The fraction of sp³-hybridized carbons (Fsp3) is 0.500. The third-order valence-electron chi connectivity index (χ3n) is 2.81. The molecule has 0 aromatic heterocycles. The van der Waals surface area contributed by atoms with E-state index < -0.39 is 0 Å². The third-order valence-corrected chi connectivity index (χ3v) is 2.81. The summed E-state index contributed by atoms with van der Waals surface area (Å²) in [5.74, 6) is 0.410.